The molecule has 1 atom stereocenters. The van der Waals surface area contributed by atoms with Crippen LogP contribution in [0.4, 0.5) is 4.39 Å². The van der Waals surface area contributed by atoms with Crippen molar-refractivity contribution in [3.05, 3.63) is 68.9 Å². The zero-order valence-electron chi connectivity index (χ0n) is 11.8. The van der Waals surface area contributed by atoms with Crippen molar-refractivity contribution in [2.75, 3.05) is 0 Å². The SMILES string of the molecule is Cc1ccc(CC(N)Cc2cc(F)cc(Br)c2)cc1C. The van der Waals surface area contributed by atoms with Crippen molar-refractivity contribution in [2.24, 2.45) is 5.73 Å². The molecule has 106 valence electrons. The third kappa shape index (κ3) is 4.15. The fourth-order valence-electron chi connectivity index (χ4n) is 2.34. The Kier molecular flexibility index (Phi) is 4.95. The Labute approximate surface area is 128 Å². The van der Waals surface area contributed by atoms with Crippen molar-refractivity contribution in [1.82, 2.24) is 0 Å². The van der Waals surface area contributed by atoms with Crippen LogP contribution in [0.5, 0.6) is 0 Å². The Morgan fingerprint density at radius 2 is 1.70 bits per heavy atom. The van der Waals surface area contributed by atoms with Crippen LogP contribution in [0.25, 0.3) is 0 Å². The number of benzene rings is 2. The second-order valence-electron chi connectivity index (χ2n) is 5.36. The maximum absolute atomic E-state index is 13.3. The first-order valence-electron chi connectivity index (χ1n) is 6.70. The molecular formula is C17H19BrFN. The zero-order chi connectivity index (χ0) is 14.7. The predicted octanol–water partition coefficient (Wildman–Crippen LogP) is 4.32. The van der Waals surface area contributed by atoms with E-state index >= 15 is 0 Å². The average molecular weight is 336 g/mol. The monoisotopic (exact) mass is 335 g/mol. The van der Waals surface area contributed by atoms with Gasteiger partial charge in [0.05, 0.1) is 0 Å². The smallest absolute Gasteiger partial charge is 0.124 e. The van der Waals surface area contributed by atoms with E-state index < -0.39 is 0 Å². The van der Waals surface area contributed by atoms with E-state index in [1.165, 1.54) is 22.8 Å². The maximum atomic E-state index is 13.3. The van der Waals surface area contributed by atoms with Crippen LogP contribution in [-0.4, -0.2) is 6.04 Å². The second-order valence-corrected chi connectivity index (χ2v) is 6.28. The fraction of sp³-hybridized carbons (Fsp3) is 0.294. The van der Waals surface area contributed by atoms with Crippen molar-refractivity contribution < 1.29 is 4.39 Å². The molecule has 0 heterocycles. The molecule has 0 saturated heterocycles. The molecule has 2 N–H and O–H groups in total. The van der Waals surface area contributed by atoms with E-state index in [1.807, 2.05) is 6.07 Å². The number of hydrogen-bond donors (Lipinski definition) is 1. The molecule has 1 unspecified atom stereocenters. The first kappa shape index (κ1) is 15.2. The highest BCUT2D eigenvalue weighted by molar-refractivity contribution is 9.10. The van der Waals surface area contributed by atoms with E-state index in [4.69, 9.17) is 5.73 Å². The highest BCUT2D eigenvalue weighted by Crippen LogP contribution is 2.17. The van der Waals surface area contributed by atoms with E-state index in [0.29, 0.717) is 6.42 Å². The van der Waals surface area contributed by atoms with Gasteiger partial charge in [0.15, 0.2) is 0 Å². The summed E-state index contributed by atoms with van der Waals surface area (Å²) in [5, 5.41) is 0. The zero-order valence-corrected chi connectivity index (χ0v) is 13.4. The number of rotatable bonds is 4. The molecular weight excluding hydrogens is 317 g/mol. The highest BCUT2D eigenvalue weighted by Gasteiger charge is 2.08. The third-order valence-corrected chi connectivity index (χ3v) is 3.95. The molecule has 2 aromatic rings. The summed E-state index contributed by atoms with van der Waals surface area (Å²) in [6.07, 6.45) is 1.47. The maximum Gasteiger partial charge on any atom is 0.124 e. The Balaban J connectivity index is 2.04. The Morgan fingerprint density at radius 3 is 2.35 bits per heavy atom. The molecule has 0 radical (unpaired) electrons. The molecule has 0 aliphatic heterocycles. The molecule has 0 bridgehead atoms. The van der Waals surface area contributed by atoms with E-state index in [2.05, 4.69) is 48.0 Å². The third-order valence-electron chi connectivity index (χ3n) is 3.49. The molecule has 0 aliphatic rings. The van der Waals surface area contributed by atoms with E-state index in [9.17, 15) is 4.39 Å². The summed E-state index contributed by atoms with van der Waals surface area (Å²) in [6, 6.07) is 11.3. The Morgan fingerprint density at radius 1 is 1.00 bits per heavy atom. The lowest BCUT2D eigenvalue weighted by Crippen LogP contribution is -2.25. The average Bonchev–Trinajstić information content (AvgIpc) is 2.32. The quantitative estimate of drug-likeness (QED) is 0.884. The van der Waals surface area contributed by atoms with E-state index in [1.54, 1.807) is 6.07 Å². The Bertz CT molecular complexity index is 590. The van der Waals surface area contributed by atoms with Gasteiger partial charge in [-0.3, -0.25) is 0 Å². The summed E-state index contributed by atoms with van der Waals surface area (Å²) >= 11 is 3.31. The predicted molar refractivity (Wildman–Crippen MR) is 85.4 cm³/mol. The molecule has 0 spiro atoms. The van der Waals surface area contributed by atoms with Crippen LogP contribution in [0.15, 0.2) is 40.9 Å². The van der Waals surface area contributed by atoms with Gasteiger partial charge in [0, 0.05) is 10.5 Å². The second kappa shape index (κ2) is 6.51. The van der Waals surface area contributed by atoms with Gasteiger partial charge in [0.2, 0.25) is 0 Å². The van der Waals surface area contributed by atoms with Crippen LogP contribution in [0.2, 0.25) is 0 Å². The Hall–Kier alpha value is -1.19. The minimum absolute atomic E-state index is 0.00851. The summed E-state index contributed by atoms with van der Waals surface area (Å²) < 4.78 is 14.1. The van der Waals surface area contributed by atoms with E-state index in [-0.39, 0.29) is 11.9 Å². The van der Waals surface area contributed by atoms with Gasteiger partial charge in [-0.1, -0.05) is 34.1 Å². The lowest BCUT2D eigenvalue weighted by molar-refractivity contribution is 0.617. The minimum Gasteiger partial charge on any atom is -0.327 e. The van der Waals surface area contributed by atoms with Gasteiger partial charge in [-0.2, -0.15) is 0 Å². The van der Waals surface area contributed by atoms with Gasteiger partial charge in [-0.05, 0) is 67.1 Å². The molecule has 2 rings (SSSR count). The first-order chi connectivity index (χ1) is 9.44. The lowest BCUT2D eigenvalue weighted by Gasteiger charge is -2.13. The molecule has 2 aromatic carbocycles. The number of aryl methyl sites for hydroxylation is 2. The van der Waals surface area contributed by atoms with Gasteiger partial charge in [0.25, 0.3) is 0 Å². The molecule has 1 nitrogen and oxygen atoms in total. The fourth-order valence-corrected chi connectivity index (χ4v) is 2.85. The summed E-state index contributed by atoms with van der Waals surface area (Å²) in [7, 11) is 0. The molecule has 0 aromatic heterocycles. The summed E-state index contributed by atoms with van der Waals surface area (Å²) in [4.78, 5) is 0. The van der Waals surface area contributed by atoms with Crippen LogP contribution in [0, 0.1) is 19.7 Å². The largest absolute Gasteiger partial charge is 0.327 e. The van der Waals surface area contributed by atoms with Crippen LogP contribution in [0.1, 0.15) is 22.3 Å². The summed E-state index contributed by atoms with van der Waals surface area (Å²) in [6.45, 7) is 4.21. The standard InChI is InChI=1S/C17H19BrFN/c1-11-3-4-13(5-12(11)2)8-17(20)9-14-6-15(18)10-16(19)7-14/h3-7,10,17H,8-9,20H2,1-2H3. The van der Waals surface area contributed by atoms with Gasteiger partial charge in [-0.25, -0.2) is 4.39 Å². The molecule has 0 amide bonds. The molecule has 3 heteroatoms. The van der Waals surface area contributed by atoms with Gasteiger partial charge < -0.3 is 5.73 Å². The number of nitrogens with two attached hydrogens (primary N) is 1. The number of hydrogen-bond acceptors (Lipinski definition) is 1. The highest BCUT2D eigenvalue weighted by atomic mass is 79.9. The van der Waals surface area contributed by atoms with Gasteiger partial charge >= 0.3 is 0 Å². The summed E-state index contributed by atoms with van der Waals surface area (Å²) in [5.41, 5.74) is 10.9. The van der Waals surface area contributed by atoms with Crippen molar-refractivity contribution in [1.29, 1.82) is 0 Å². The minimum atomic E-state index is -0.229. The van der Waals surface area contributed by atoms with Gasteiger partial charge in [0.1, 0.15) is 5.82 Å². The lowest BCUT2D eigenvalue weighted by atomic mass is 9.97. The van der Waals surface area contributed by atoms with Gasteiger partial charge in [-0.15, -0.1) is 0 Å². The van der Waals surface area contributed by atoms with Crippen LogP contribution >= 0.6 is 15.9 Å². The summed E-state index contributed by atoms with van der Waals surface area (Å²) in [5.74, 6) is -0.229. The van der Waals surface area contributed by atoms with Crippen molar-refractivity contribution in [3.8, 4) is 0 Å². The molecule has 20 heavy (non-hydrogen) atoms. The van der Waals surface area contributed by atoms with Crippen LogP contribution in [0.3, 0.4) is 0 Å². The topological polar surface area (TPSA) is 26.0 Å². The molecule has 0 fully saturated rings. The van der Waals surface area contributed by atoms with Crippen molar-refractivity contribution >= 4 is 15.9 Å². The molecule has 0 aliphatic carbocycles. The normalized spacial score (nSPS) is 12.4. The van der Waals surface area contributed by atoms with Crippen LogP contribution in [-0.2, 0) is 12.8 Å². The van der Waals surface area contributed by atoms with Crippen molar-refractivity contribution in [2.45, 2.75) is 32.7 Å². The van der Waals surface area contributed by atoms with E-state index in [0.717, 1.165) is 16.5 Å². The van der Waals surface area contributed by atoms with Crippen LogP contribution < -0.4 is 5.73 Å². The first-order valence-corrected chi connectivity index (χ1v) is 7.50. The van der Waals surface area contributed by atoms with Crippen molar-refractivity contribution in [3.63, 3.8) is 0 Å². The molecule has 0 saturated carbocycles. The number of halogens is 2.